The van der Waals surface area contributed by atoms with Crippen LogP contribution >= 0.6 is 0 Å². The Hall–Kier alpha value is -3.75. The molecule has 1 amide bonds. The van der Waals surface area contributed by atoms with Crippen molar-refractivity contribution in [2.45, 2.75) is 50.5 Å². The van der Waals surface area contributed by atoms with E-state index in [2.05, 4.69) is 65.3 Å². The van der Waals surface area contributed by atoms with Crippen LogP contribution in [0.3, 0.4) is 0 Å². The highest BCUT2D eigenvalue weighted by atomic mass is 19.1. The average Bonchev–Trinajstić information content (AvgIpc) is 3.41. The van der Waals surface area contributed by atoms with Crippen LogP contribution < -0.4 is 4.90 Å². The minimum absolute atomic E-state index is 0.0493. The summed E-state index contributed by atoms with van der Waals surface area (Å²) < 4.78 is 39.5. The molecule has 0 aromatic heterocycles. The fourth-order valence-corrected chi connectivity index (χ4v) is 6.89. The van der Waals surface area contributed by atoms with E-state index in [-0.39, 0.29) is 38.3 Å². The standard InChI is InChI=1S/C37H43F2N3O3/c1-27-20-33-32-15-7-6-12-29(32)22-34(33)35(42(27)24-37(39)25-44-26-37)30-13-8-14-31(21-30)40(2)18-19-41(17-9-16-38)36(43)45-23-28-10-4-3-5-11-28/h3-8,10-15,21,27,35H,9,16-20,22-26H2,1-2H3/t27-,35-/m1/s1. The van der Waals surface area contributed by atoms with Crippen LogP contribution in [0.2, 0.25) is 0 Å². The number of carbonyl (C=O) groups is 1. The van der Waals surface area contributed by atoms with Crippen LogP contribution in [0.25, 0.3) is 5.57 Å². The van der Waals surface area contributed by atoms with Crippen LogP contribution in [0.4, 0.5) is 19.3 Å². The second-order valence-electron chi connectivity index (χ2n) is 12.7. The van der Waals surface area contributed by atoms with E-state index < -0.39 is 18.4 Å². The van der Waals surface area contributed by atoms with Gasteiger partial charge in [0, 0.05) is 45.0 Å². The summed E-state index contributed by atoms with van der Waals surface area (Å²) in [5.41, 5.74) is 7.13. The van der Waals surface area contributed by atoms with E-state index >= 15 is 4.39 Å². The number of anilines is 1. The largest absolute Gasteiger partial charge is 0.445 e. The van der Waals surface area contributed by atoms with E-state index in [1.54, 1.807) is 4.90 Å². The number of hydrogen-bond acceptors (Lipinski definition) is 5. The summed E-state index contributed by atoms with van der Waals surface area (Å²) in [7, 11) is 2.00. The number of nitrogens with zero attached hydrogens (tertiary/aromatic N) is 3. The molecule has 0 unspecified atom stereocenters. The predicted octanol–water partition coefficient (Wildman–Crippen LogP) is 7.00. The quantitative estimate of drug-likeness (QED) is 0.220. The van der Waals surface area contributed by atoms with Crippen molar-refractivity contribution in [2.24, 2.45) is 0 Å². The molecule has 1 saturated heterocycles. The van der Waals surface area contributed by atoms with E-state index in [0.29, 0.717) is 26.2 Å². The van der Waals surface area contributed by atoms with Gasteiger partial charge >= 0.3 is 6.09 Å². The summed E-state index contributed by atoms with van der Waals surface area (Å²) in [5.74, 6) is 0. The van der Waals surface area contributed by atoms with Gasteiger partial charge in [-0.15, -0.1) is 0 Å². The Balaban J connectivity index is 1.20. The van der Waals surface area contributed by atoms with Gasteiger partial charge in [-0.25, -0.2) is 9.18 Å². The molecule has 45 heavy (non-hydrogen) atoms. The molecule has 6 rings (SSSR count). The number of benzene rings is 3. The lowest BCUT2D eigenvalue weighted by atomic mass is 9.84. The van der Waals surface area contributed by atoms with Crippen LogP contribution in [0.1, 0.15) is 48.1 Å². The lowest BCUT2D eigenvalue weighted by Crippen LogP contribution is -2.56. The molecule has 3 aliphatic rings. The zero-order chi connectivity index (χ0) is 31.4. The van der Waals surface area contributed by atoms with E-state index in [1.165, 1.54) is 22.3 Å². The molecule has 6 nitrogen and oxygen atoms in total. The molecule has 0 saturated carbocycles. The van der Waals surface area contributed by atoms with Gasteiger partial charge in [0.25, 0.3) is 0 Å². The number of carbonyl (C=O) groups excluding carboxylic acids is 1. The van der Waals surface area contributed by atoms with Crippen molar-refractivity contribution in [3.05, 3.63) is 107 Å². The second kappa shape index (κ2) is 13.7. The fourth-order valence-electron chi connectivity index (χ4n) is 6.89. The molecule has 0 N–H and O–H groups in total. The Morgan fingerprint density at radius 2 is 1.80 bits per heavy atom. The average molecular weight is 616 g/mol. The van der Waals surface area contributed by atoms with Crippen LogP contribution in [0, 0.1) is 0 Å². The molecule has 2 heterocycles. The molecule has 0 bridgehead atoms. The Morgan fingerprint density at radius 1 is 1.02 bits per heavy atom. The molecular formula is C37H43F2N3O3. The number of alkyl halides is 2. The highest BCUT2D eigenvalue weighted by Crippen LogP contribution is 2.49. The molecule has 0 spiro atoms. The van der Waals surface area contributed by atoms with Crippen molar-refractivity contribution in [3.8, 4) is 0 Å². The number of halogens is 2. The van der Waals surface area contributed by atoms with Gasteiger partial charge in [-0.05, 0) is 71.7 Å². The van der Waals surface area contributed by atoms with Gasteiger partial charge in [-0.2, -0.15) is 0 Å². The van der Waals surface area contributed by atoms with Crippen LogP contribution in [-0.4, -0.2) is 80.7 Å². The molecule has 238 valence electrons. The van der Waals surface area contributed by atoms with Gasteiger partial charge in [0.2, 0.25) is 0 Å². The molecule has 3 aromatic rings. The first-order valence-electron chi connectivity index (χ1n) is 16.0. The molecule has 3 aromatic carbocycles. The summed E-state index contributed by atoms with van der Waals surface area (Å²) in [5, 5.41) is 0. The maximum Gasteiger partial charge on any atom is 0.410 e. The number of likely N-dealkylation sites (N-methyl/N-ethyl adjacent to an activating group) is 1. The third-order valence-corrected chi connectivity index (χ3v) is 9.38. The Bertz CT molecular complexity index is 1510. The third kappa shape index (κ3) is 6.92. The van der Waals surface area contributed by atoms with Gasteiger partial charge in [-0.1, -0.05) is 66.7 Å². The molecule has 1 fully saturated rings. The SMILES string of the molecule is C[C@@H]1CC2=C(Cc3ccccc32)[C@@H](c2cccc(N(C)CCN(CCCF)C(=O)OCc3ccccc3)c2)N1CC1(F)COC1. The first kappa shape index (κ1) is 31.2. The fraction of sp³-hybridized carbons (Fsp3) is 0.432. The number of hydrogen-bond donors (Lipinski definition) is 0. The Kier molecular flexibility index (Phi) is 9.52. The van der Waals surface area contributed by atoms with Crippen molar-refractivity contribution < 1.29 is 23.0 Å². The van der Waals surface area contributed by atoms with E-state index in [0.717, 1.165) is 29.7 Å². The monoisotopic (exact) mass is 615 g/mol. The summed E-state index contributed by atoms with van der Waals surface area (Å²) in [6.07, 6.45) is 1.58. The van der Waals surface area contributed by atoms with E-state index in [9.17, 15) is 9.18 Å². The maximum atomic E-state index is 15.6. The topological polar surface area (TPSA) is 45.2 Å². The summed E-state index contributed by atoms with van der Waals surface area (Å²) in [4.78, 5) is 19.0. The van der Waals surface area contributed by atoms with Gasteiger partial charge < -0.3 is 19.3 Å². The minimum Gasteiger partial charge on any atom is -0.445 e. The number of rotatable bonds is 12. The van der Waals surface area contributed by atoms with Crippen molar-refractivity contribution in [1.82, 2.24) is 9.80 Å². The summed E-state index contributed by atoms with van der Waals surface area (Å²) in [6, 6.07) is 26.8. The van der Waals surface area contributed by atoms with Gasteiger partial charge in [0.1, 0.15) is 6.61 Å². The van der Waals surface area contributed by atoms with Crippen molar-refractivity contribution in [3.63, 3.8) is 0 Å². The molecule has 2 atom stereocenters. The first-order valence-corrected chi connectivity index (χ1v) is 16.0. The zero-order valence-electron chi connectivity index (χ0n) is 26.3. The lowest BCUT2D eigenvalue weighted by molar-refractivity contribution is -0.147. The molecule has 2 aliphatic heterocycles. The second-order valence-corrected chi connectivity index (χ2v) is 12.7. The Morgan fingerprint density at radius 3 is 2.56 bits per heavy atom. The van der Waals surface area contributed by atoms with Crippen LogP contribution in [0.5, 0.6) is 0 Å². The third-order valence-electron chi connectivity index (χ3n) is 9.38. The van der Waals surface area contributed by atoms with Crippen LogP contribution in [-0.2, 0) is 22.5 Å². The van der Waals surface area contributed by atoms with Gasteiger partial charge in [-0.3, -0.25) is 9.29 Å². The number of fused-ring (bicyclic) bond motifs is 2. The van der Waals surface area contributed by atoms with Crippen LogP contribution in [0.15, 0.2) is 84.4 Å². The minimum atomic E-state index is -1.33. The highest BCUT2D eigenvalue weighted by Gasteiger charge is 2.46. The summed E-state index contributed by atoms with van der Waals surface area (Å²) >= 11 is 0. The maximum absolute atomic E-state index is 15.6. The normalized spacial score (nSPS) is 20.3. The first-order chi connectivity index (χ1) is 21.8. The highest BCUT2D eigenvalue weighted by molar-refractivity contribution is 5.79. The summed E-state index contributed by atoms with van der Waals surface area (Å²) in [6.45, 7) is 3.74. The predicted molar refractivity (Wildman–Crippen MR) is 174 cm³/mol. The zero-order valence-corrected chi connectivity index (χ0v) is 26.3. The molecule has 8 heteroatoms. The van der Waals surface area contributed by atoms with Crippen molar-refractivity contribution >= 4 is 17.4 Å². The van der Waals surface area contributed by atoms with Crippen molar-refractivity contribution in [1.29, 1.82) is 0 Å². The smallest absolute Gasteiger partial charge is 0.410 e. The van der Waals surface area contributed by atoms with Crippen molar-refractivity contribution in [2.75, 3.05) is 58.0 Å². The Labute approximate surface area is 265 Å². The number of ether oxygens (including phenoxy) is 2. The lowest BCUT2D eigenvalue weighted by Gasteiger charge is -2.47. The molecule has 1 aliphatic carbocycles. The molecular weight excluding hydrogens is 572 g/mol. The van der Waals surface area contributed by atoms with E-state index in [1.807, 2.05) is 37.4 Å². The number of amides is 1. The molecule has 0 radical (unpaired) electrons. The van der Waals surface area contributed by atoms with Gasteiger partial charge in [0.15, 0.2) is 5.67 Å². The van der Waals surface area contributed by atoms with Gasteiger partial charge in [0.05, 0.1) is 25.9 Å². The van der Waals surface area contributed by atoms with E-state index in [4.69, 9.17) is 9.47 Å².